The normalized spacial score (nSPS) is 19.9. The van der Waals surface area contributed by atoms with Gasteiger partial charge in [0.2, 0.25) is 0 Å². The average Bonchev–Trinajstić information content (AvgIpc) is 3.13. The van der Waals surface area contributed by atoms with Gasteiger partial charge in [-0.2, -0.15) is 0 Å². The van der Waals surface area contributed by atoms with Crippen LogP contribution in [0.5, 0.6) is 0 Å². The molecule has 0 spiro atoms. The van der Waals surface area contributed by atoms with Crippen molar-refractivity contribution >= 4 is 11.8 Å². The Morgan fingerprint density at radius 3 is 2.32 bits per heavy atom. The van der Waals surface area contributed by atoms with Gasteiger partial charge >= 0.3 is 0 Å². The van der Waals surface area contributed by atoms with Crippen LogP contribution in [0.15, 0.2) is 30.9 Å². The standard InChI is InChI=1S/C21H29N5O2/c1-14-11-23-18(12-22-14)20(28)25-17-7-5-6-16(10-17)24-19(27)15-8-9-26(13-15)21(2,3)4/h8-9,11-13,16-17H,5-7,10H2,1-4H3,(H,24,27)(H,25,28)/t16-,17-/m1/s1. The Hall–Kier alpha value is -2.70. The molecule has 7 nitrogen and oxygen atoms in total. The lowest BCUT2D eigenvalue weighted by Crippen LogP contribution is -2.45. The Balaban J connectivity index is 1.56. The van der Waals surface area contributed by atoms with E-state index in [1.54, 1.807) is 6.20 Å². The molecule has 2 aromatic rings. The van der Waals surface area contributed by atoms with Crippen LogP contribution in [0.1, 0.15) is 73.0 Å². The zero-order valence-corrected chi connectivity index (χ0v) is 17.0. The minimum atomic E-state index is -0.216. The minimum absolute atomic E-state index is 0.0221. The van der Waals surface area contributed by atoms with E-state index >= 15 is 0 Å². The molecule has 2 atom stereocenters. The maximum absolute atomic E-state index is 12.6. The Kier molecular flexibility index (Phi) is 5.82. The van der Waals surface area contributed by atoms with Crippen LogP contribution < -0.4 is 10.6 Å². The molecule has 0 unspecified atom stereocenters. The van der Waals surface area contributed by atoms with Crippen LogP contribution in [0.3, 0.4) is 0 Å². The number of aryl methyl sites for hydroxylation is 1. The summed E-state index contributed by atoms with van der Waals surface area (Å²) < 4.78 is 2.04. The molecule has 0 aliphatic heterocycles. The predicted molar refractivity (Wildman–Crippen MR) is 107 cm³/mol. The largest absolute Gasteiger partial charge is 0.349 e. The number of nitrogens with one attached hydrogen (secondary N) is 2. The van der Waals surface area contributed by atoms with E-state index in [1.165, 1.54) is 6.20 Å². The number of amides is 2. The minimum Gasteiger partial charge on any atom is -0.349 e. The van der Waals surface area contributed by atoms with E-state index in [9.17, 15) is 9.59 Å². The summed E-state index contributed by atoms with van der Waals surface area (Å²) in [6, 6.07) is 1.92. The van der Waals surface area contributed by atoms with Gasteiger partial charge in [-0.25, -0.2) is 4.98 Å². The van der Waals surface area contributed by atoms with E-state index in [1.807, 2.05) is 30.0 Å². The van der Waals surface area contributed by atoms with Crippen molar-refractivity contribution in [1.82, 2.24) is 25.2 Å². The Bertz CT molecular complexity index is 835. The number of rotatable bonds is 4. The quantitative estimate of drug-likeness (QED) is 0.850. The molecule has 2 heterocycles. The van der Waals surface area contributed by atoms with Crippen molar-refractivity contribution in [1.29, 1.82) is 0 Å². The molecule has 150 valence electrons. The topological polar surface area (TPSA) is 88.9 Å². The van der Waals surface area contributed by atoms with Crippen LogP contribution in [-0.2, 0) is 5.54 Å². The van der Waals surface area contributed by atoms with Crippen LogP contribution in [0.2, 0.25) is 0 Å². The van der Waals surface area contributed by atoms with Crippen LogP contribution in [0, 0.1) is 6.92 Å². The van der Waals surface area contributed by atoms with Crippen molar-refractivity contribution in [3.63, 3.8) is 0 Å². The van der Waals surface area contributed by atoms with E-state index in [2.05, 4.69) is 41.4 Å². The van der Waals surface area contributed by atoms with Crippen molar-refractivity contribution in [2.75, 3.05) is 0 Å². The van der Waals surface area contributed by atoms with Crippen LogP contribution in [-0.4, -0.2) is 38.4 Å². The van der Waals surface area contributed by atoms with Crippen LogP contribution in [0.4, 0.5) is 0 Å². The lowest BCUT2D eigenvalue weighted by molar-refractivity contribution is 0.0900. The second kappa shape index (κ2) is 8.12. The van der Waals surface area contributed by atoms with Gasteiger partial charge in [-0.15, -0.1) is 0 Å². The summed E-state index contributed by atoms with van der Waals surface area (Å²) in [6.07, 6.45) is 10.4. The van der Waals surface area contributed by atoms with E-state index in [0.29, 0.717) is 11.3 Å². The van der Waals surface area contributed by atoms with Crippen molar-refractivity contribution < 1.29 is 9.59 Å². The molecule has 1 aliphatic rings. The molecule has 2 N–H and O–H groups in total. The lowest BCUT2D eigenvalue weighted by atomic mass is 9.90. The molecule has 1 aliphatic carbocycles. The van der Waals surface area contributed by atoms with Gasteiger partial charge in [0, 0.05) is 36.2 Å². The van der Waals surface area contributed by atoms with Crippen LogP contribution in [0.25, 0.3) is 0 Å². The summed E-state index contributed by atoms with van der Waals surface area (Å²) in [5.74, 6) is -0.281. The number of carbonyl (C=O) groups is 2. The van der Waals surface area contributed by atoms with E-state index < -0.39 is 0 Å². The Labute approximate surface area is 166 Å². The molecule has 0 radical (unpaired) electrons. The summed E-state index contributed by atoms with van der Waals surface area (Å²) in [5, 5.41) is 6.14. The maximum atomic E-state index is 12.6. The number of hydrogen-bond donors (Lipinski definition) is 2. The highest BCUT2D eigenvalue weighted by atomic mass is 16.2. The van der Waals surface area contributed by atoms with E-state index in [-0.39, 0.29) is 29.4 Å². The monoisotopic (exact) mass is 383 g/mol. The van der Waals surface area contributed by atoms with Gasteiger partial charge in [0.15, 0.2) is 0 Å². The first-order valence-electron chi connectivity index (χ1n) is 9.81. The average molecular weight is 383 g/mol. The van der Waals surface area contributed by atoms with Crippen molar-refractivity contribution in [3.05, 3.63) is 47.8 Å². The Morgan fingerprint density at radius 1 is 1.07 bits per heavy atom. The smallest absolute Gasteiger partial charge is 0.271 e. The maximum Gasteiger partial charge on any atom is 0.271 e. The van der Waals surface area contributed by atoms with Gasteiger partial charge in [0.25, 0.3) is 11.8 Å². The van der Waals surface area contributed by atoms with Crippen LogP contribution >= 0.6 is 0 Å². The molecule has 0 bridgehead atoms. The van der Waals surface area contributed by atoms with Gasteiger partial charge in [-0.3, -0.25) is 14.6 Å². The SMILES string of the molecule is Cc1cnc(C(=O)N[C@@H]2CCC[C@@H](NC(=O)c3ccn(C(C)(C)C)c3)C2)cn1. The summed E-state index contributed by atoms with van der Waals surface area (Å²) >= 11 is 0. The summed E-state index contributed by atoms with van der Waals surface area (Å²) in [4.78, 5) is 33.2. The highest BCUT2D eigenvalue weighted by Gasteiger charge is 2.26. The van der Waals surface area contributed by atoms with Crippen molar-refractivity contribution in [2.45, 2.75) is 71.0 Å². The fraction of sp³-hybridized carbons (Fsp3) is 0.524. The first-order chi connectivity index (χ1) is 13.2. The molecular formula is C21H29N5O2. The summed E-state index contributed by atoms with van der Waals surface area (Å²) in [6.45, 7) is 8.13. The van der Waals surface area contributed by atoms with E-state index in [4.69, 9.17) is 0 Å². The second-order valence-electron chi connectivity index (χ2n) is 8.53. The van der Waals surface area contributed by atoms with Crippen molar-refractivity contribution in [2.24, 2.45) is 0 Å². The molecule has 0 saturated heterocycles. The summed E-state index contributed by atoms with van der Waals surface area (Å²) in [5.41, 5.74) is 1.70. The highest BCUT2D eigenvalue weighted by molar-refractivity contribution is 5.94. The predicted octanol–water partition coefficient (Wildman–Crippen LogP) is 2.81. The van der Waals surface area contributed by atoms with Gasteiger partial charge < -0.3 is 15.2 Å². The number of hydrogen-bond acceptors (Lipinski definition) is 4. The zero-order chi connectivity index (χ0) is 20.3. The molecule has 1 fully saturated rings. The number of aromatic nitrogens is 3. The van der Waals surface area contributed by atoms with Crippen molar-refractivity contribution in [3.8, 4) is 0 Å². The first-order valence-corrected chi connectivity index (χ1v) is 9.81. The third-order valence-electron chi connectivity index (χ3n) is 5.09. The molecule has 0 aromatic carbocycles. The third kappa shape index (κ3) is 4.97. The zero-order valence-electron chi connectivity index (χ0n) is 17.0. The van der Waals surface area contributed by atoms with Gasteiger partial charge in [0.1, 0.15) is 5.69 Å². The molecule has 2 aromatic heterocycles. The van der Waals surface area contributed by atoms with E-state index in [0.717, 1.165) is 31.4 Å². The highest BCUT2D eigenvalue weighted by Crippen LogP contribution is 2.20. The number of nitrogens with zero attached hydrogens (tertiary/aromatic N) is 3. The van der Waals surface area contributed by atoms with Gasteiger partial charge in [0.05, 0.1) is 17.5 Å². The first kappa shape index (κ1) is 20.0. The summed E-state index contributed by atoms with van der Waals surface area (Å²) in [7, 11) is 0. The third-order valence-corrected chi connectivity index (χ3v) is 5.09. The second-order valence-corrected chi connectivity index (χ2v) is 8.53. The van der Waals surface area contributed by atoms with Gasteiger partial charge in [-0.1, -0.05) is 0 Å². The fourth-order valence-electron chi connectivity index (χ4n) is 3.44. The number of carbonyl (C=O) groups excluding carboxylic acids is 2. The lowest BCUT2D eigenvalue weighted by Gasteiger charge is -2.30. The molecular weight excluding hydrogens is 354 g/mol. The molecule has 3 rings (SSSR count). The van der Waals surface area contributed by atoms with Gasteiger partial charge in [-0.05, 0) is 59.4 Å². The molecule has 7 heteroatoms. The molecule has 2 amide bonds. The fourth-order valence-corrected chi connectivity index (χ4v) is 3.44. The molecule has 28 heavy (non-hydrogen) atoms. The Morgan fingerprint density at radius 2 is 1.75 bits per heavy atom. The molecule has 1 saturated carbocycles.